The van der Waals surface area contributed by atoms with Gasteiger partial charge in [-0.3, -0.25) is 14.3 Å². The number of aromatic nitrogens is 3. The van der Waals surface area contributed by atoms with Crippen molar-refractivity contribution in [3.8, 4) is 11.4 Å². The van der Waals surface area contributed by atoms with Gasteiger partial charge in [0.25, 0.3) is 0 Å². The smallest absolute Gasteiger partial charge is 0.242 e. The van der Waals surface area contributed by atoms with Crippen LogP contribution in [-0.2, 0) is 24.2 Å². The molecule has 1 aliphatic heterocycles. The maximum absolute atomic E-state index is 14.4. The molecule has 7 heteroatoms. The van der Waals surface area contributed by atoms with Crippen molar-refractivity contribution in [1.82, 2.24) is 14.8 Å². The summed E-state index contributed by atoms with van der Waals surface area (Å²) in [6.07, 6.45) is 3.47. The van der Waals surface area contributed by atoms with Crippen molar-refractivity contribution < 1.29 is 9.18 Å². The molecule has 1 aliphatic rings. The molecule has 0 radical (unpaired) electrons. The second-order valence-corrected chi connectivity index (χ2v) is 8.90. The molecule has 0 saturated carbocycles. The SMILES string of the molecule is C=CCn1c(SCC(=O)N2c3ccccc3CCc3ccccc32)nnc1-c1ccccc1F. The zero-order valence-electron chi connectivity index (χ0n) is 18.5. The lowest BCUT2D eigenvalue weighted by atomic mass is 10.0. The minimum Gasteiger partial charge on any atom is -0.298 e. The molecular formula is C27H23FN4OS. The first-order valence-corrected chi connectivity index (χ1v) is 12.1. The number of hydrogen-bond donors (Lipinski definition) is 0. The molecule has 3 aromatic carbocycles. The summed E-state index contributed by atoms with van der Waals surface area (Å²) in [5.74, 6) is 0.159. The number of amides is 1. The molecule has 170 valence electrons. The van der Waals surface area contributed by atoms with E-state index in [1.54, 1.807) is 28.8 Å². The van der Waals surface area contributed by atoms with E-state index < -0.39 is 0 Å². The molecular weight excluding hydrogens is 447 g/mol. The minimum absolute atomic E-state index is 0.0487. The van der Waals surface area contributed by atoms with Crippen molar-refractivity contribution in [1.29, 1.82) is 0 Å². The Kier molecular flexibility index (Phi) is 6.27. The first kappa shape index (κ1) is 22.1. The number of allylic oxidation sites excluding steroid dienone is 1. The average molecular weight is 471 g/mol. The number of fused-ring (bicyclic) bond motifs is 2. The Bertz CT molecular complexity index is 1320. The van der Waals surface area contributed by atoms with Gasteiger partial charge in [-0.15, -0.1) is 16.8 Å². The molecule has 0 aliphatic carbocycles. The maximum atomic E-state index is 14.4. The number of halogens is 1. The quantitative estimate of drug-likeness (QED) is 0.263. The van der Waals surface area contributed by atoms with Gasteiger partial charge in [0.15, 0.2) is 11.0 Å². The number of benzene rings is 3. The number of thioether (sulfide) groups is 1. The van der Waals surface area contributed by atoms with Crippen LogP contribution in [0.2, 0.25) is 0 Å². The highest BCUT2D eigenvalue weighted by atomic mass is 32.2. The van der Waals surface area contributed by atoms with Crippen molar-refractivity contribution >= 4 is 29.0 Å². The highest BCUT2D eigenvalue weighted by Crippen LogP contribution is 2.37. The van der Waals surface area contributed by atoms with Crippen LogP contribution in [0.3, 0.4) is 0 Å². The van der Waals surface area contributed by atoms with Crippen LogP contribution in [0.5, 0.6) is 0 Å². The van der Waals surface area contributed by atoms with Crippen molar-refractivity contribution in [2.75, 3.05) is 10.7 Å². The average Bonchev–Trinajstić information content (AvgIpc) is 3.17. The largest absolute Gasteiger partial charge is 0.298 e. The normalized spacial score (nSPS) is 12.6. The summed E-state index contributed by atoms with van der Waals surface area (Å²) in [6, 6.07) is 22.6. The standard InChI is InChI=1S/C27H23FN4OS/c1-2-17-31-26(21-11-5-6-12-22(21)28)29-30-27(31)34-18-25(33)32-23-13-7-3-9-19(23)15-16-20-10-4-8-14-24(20)32/h2-14H,1,15-18H2. The third-order valence-electron chi connectivity index (χ3n) is 5.85. The highest BCUT2D eigenvalue weighted by molar-refractivity contribution is 7.99. The summed E-state index contributed by atoms with van der Waals surface area (Å²) in [7, 11) is 0. The lowest BCUT2D eigenvalue weighted by Crippen LogP contribution is -2.28. The number of carbonyl (C=O) groups is 1. The highest BCUT2D eigenvalue weighted by Gasteiger charge is 2.26. The van der Waals surface area contributed by atoms with Crippen LogP contribution in [-0.4, -0.2) is 26.4 Å². The van der Waals surface area contributed by atoms with Crippen molar-refractivity contribution in [3.63, 3.8) is 0 Å². The lowest BCUT2D eigenvalue weighted by Gasteiger charge is -2.24. The molecule has 34 heavy (non-hydrogen) atoms. The summed E-state index contributed by atoms with van der Waals surface area (Å²) < 4.78 is 16.2. The third-order valence-corrected chi connectivity index (χ3v) is 6.80. The molecule has 0 unspecified atom stereocenters. The Morgan fingerprint density at radius 3 is 2.21 bits per heavy atom. The van der Waals surface area contributed by atoms with E-state index in [9.17, 15) is 9.18 Å². The number of anilines is 2. The van der Waals surface area contributed by atoms with E-state index in [1.807, 2.05) is 41.3 Å². The number of hydrogen-bond acceptors (Lipinski definition) is 4. The Morgan fingerprint density at radius 2 is 1.56 bits per heavy atom. The van der Waals surface area contributed by atoms with Crippen molar-refractivity contribution in [3.05, 3.63) is 102 Å². The molecule has 0 spiro atoms. The molecule has 5 rings (SSSR count). The van der Waals surface area contributed by atoms with Crippen LogP contribution in [0, 0.1) is 5.82 Å². The number of nitrogens with zero attached hydrogens (tertiary/aromatic N) is 4. The predicted molar refractivity (Wildman–Crippen MR) is 134 cm³/mol. The van der Waals surface area contributed by atoms with E-state index in [-0.39, 0.29) is 17.5 Å². The van der Waals surface area contributed by atoms with Crippen LogP contribution in [0.25, 0.3) is 11.4 Å². The maximum Gasteiger partial charge on any atom is 0.242 e. The summed E-state index contributed by atoms with van der Waals surface area (Å²) >= 11 is 1.29. The molecule has 4 aromatic rings. The Labute approximate surface area is 201 Å². The van der Waals surface area contributed by atoms with Gasteiger partial charge in [-0.2, -0.15) is 0 Å². The fourth-order valence-corrected chi connectivity index (χ4v) is 5.07. The minimum atomic E-state index is -0.370. The van der Waals surface area contributed by atoms with E-state index >= 15 is 0 Å². The van der Waals surface area contributed by atoms with Gasteiger partial charge in [0.1, 0.15) is 5.82 Å². The molecule has 1 aromatic heterocycles. The summed E-state index contributed by atoms with van der Waals surface area (Å²) in [5, 5.41) is 9.03. The van der Waals surface area contributed by atoms with Gasteiger partial charge in [0.05, 0.1) is 22.7 Å². The van der Waals surface area contributed by atoms with Crippen LogP contribution < -0.4 is 4.90 Å². The molecule has 0 N–H and O–H groups in total. The van der Waals surface area contributed by atoms with Gasteiger partial charge < -0.3 is 0 Å². The van der Waals surface area contributed by atoms with Crippen LogP contribution in [0.15, 0.2) is 90.6 Å². The van der Waals surface area contributed by atoms with E-state index in [1.165, 1.54) is 17.8 Å². The van der Waals surface area contributed by atoms with E-state index in [4.69, 9.17) is 0 Å². The van der Waals surface area contributed by atoms with Gasteiger partial charge in [-0.05, 0) is 48.2 Å². The first-order valence-electron chi connectivity index (χ1n) is 11.1. The molecule has 5 nitrogen and oxygen atoms in total. The van der Waals surface area contributed by atoms with Gasteiger partial charge >= 0.3 is 0 Å². The van der Waals surface area contributed by atoms with Crippen LogP contribution in [0.1, 0.15) is 11.1 Å². The van der Waals surface area contributed by atoms with Crippen LogP contribution >= 0.6 is 11.8 Å². The predicted octanol–water partition coefficient (Wildman–Crippen LogP) is 5.83. The van der Waals surface area contributed by atoms with Gasteiger partial charge in [-0.1, -0.05) is 66.4 Å². The summed E-state index contributed by atoms with van der Waals surface area (Å²) in [5.41, 5.74) is 4.49. The monoisotopic (exact) mass is 470 g/mol. The first-order chi connectivity index (χ1) is 16.7. The zero-order chi connectivity index (χ0) is 23.5. The zero-order valence-corrected chi connectivity index (χ0v) is 19.3. The van der Waals surface area contributed by atoms with Gasteiger partial charge in [-0.25, -0.2) is 4.39 Å². The fraction of sp³-hybridized carbons (Fsp3) is 0.148. The van der Waals surface area contributed by atoms with E-state index in [0.717, 1.165) is 35.3 Å². The molecule has 0 bridgehead atoms. The summed E-state index contributed by atoms with van der Waals surface area (Å²) in [4.78, 5) is 15.4. The number of rotatable bonds is 6. The second-order valence-electron chi connectivity index (χ2n) is 7.96. The van der Waals surface area contributed by atoms with Gasteiger partial charge in [0, 0.05) is 6.54 Å². The second kappa shape index (κ2) is 9.65. The topological polar surface area (TPSA) is 51.0 Å². The van der Waals surface area contributed by atoms with E-state index in [0.29, 0.717) is 23.1 Å². The van der Waals surface area contributed by atoms with E-state index in [2.05, 4.69) is 28.9 Å². The van der Waals surface area contributed by atoms with Gasteiger partial charge in [0.2, 0.25) is 5.91 Å². The lowest BCUT2D eigenvalue weighted by molar-refractivity contribution is -0.115. The Hall–Kier alpha value is -3.71. The number of para-hydroxylation sites is 2. The Balaban J connectivity index is 1.46. The molecule has 0 saturated heterocycles. The summed E-state index contributed by atoms with van der Waals surface area (Å²) in [6.45, 7) is 4.21. The molecule has 0 atom stereocenters. The van der Waals surface area contributed by atoms with Crippen molar-refractivity contribution in [2.45, 2.75) is 24.5 Å². The number of carbonyl (C=O) groups excluding carboxylic acids is 1. The number of aryl methyl sites for hydroxylation is 2. The third kappa shape index (κ3) is 4.15. The molecule has 0 fully saturated rings. The molecule has 1 amide bonds. The molecule has 2 heterocycles. The fourth-order valence-electron chi connectivity index (χ4n) is 4.27. The Morgan fingerprint density at radius 1 is 0.941 bits per heavy atom. The van der Waals surface area contributed by atoms with Crippen molar-refractivity contribution in [2.24, 2.45) is 0 Å². The van der Waals surface area contributed by atoms with Crippen LogP contribution in [0.4, 0.5) is 15.8 Å².